The summed E-state index contributed by atoms with van der Waals surface area (Å²) >= 11 is 0. The van der Waals surface area contributed by atoms with Gasteiger partial charge in [-0.1, -0.05) is 33.1 Å². The number of carbonyl (C=O) groups excluding carboxylic acids is 1. The minimum absolute atomic E-state index is 0. The molecule has 0 aromatic heterocycles. The molecule has 1 spiro atoms. The van der Waals surface area contributed by atoms with Gasteiger partial charge in [-0.15, -0.1) is 24.0 Å². The number of hydrogen-bond donors (Lipinski definition) is 2. The molecule has 0 aromatic carbocycles. The maximum absolute atomic E-state index is 12.0. The number of guanidine groups is 1. The smallest absolute Gasteiger partial charge is 0.243 e. The second-order valence-electron chi connectivity index (χ2n) is 8.21. The van der Waals surface area contributed by atoms with Gasteiger partial charge >= 0.3 is 0 Å². The van der Waals surface area contributed by atoms with Crippen molar-refractivity contribution in [1.29, 1.82) is 0 Å². The summed E-state index contributed by atoms with van der Waals surface area (Å²) in [6, 6.07) is 0. The molecule has 30 heavy (non-hydrogen) atoms. The van der Waals surface area contributed by atoms with Crippen molar-refractivity contribution in [3.05, 3.63) is 0 Å². The quantitative estimate of drug-likeness (QED) is 0.252. The SMILES string of the molecule is CCCCC(CC)CNC(=NCC(=O)N(C)C)NCC1COC2(CCOCC2)O1.I. The van der Waals surface area contributed by atoms with Crippen LogP contribution < -0.4 is 10.6 Å². The molecule has 9 heteroatoms. The maximum atomic E-state index is 12.0. The summed E-state index contributed by atoms with van der Waals surface area (Å²) in [6.45, 7) is 7.92. The van der Waals surface area contributed by atoms with Gasteiger partial charge in [0.1, 0.15) is 12.6 Å². The van der Waals surface area contributed by atoms with Gasteiger partial charge in [0.15, 0.2) is 11.7 Å². The molecular formula is C21H41IN4O4. The van der Waals surface area contributed by atoms with Crippen molar-refractivity contribution >= 4 is 35.8 Å². The average molecular weight is 540 g/mol. The number of nitrogens with zero attached hydrogens (tertiary/aromatic N) is 2. The van der Waals surface area contributed by atoms with E-state index in [1.165, 1.54) is 19.3 Å². The molecule has 2 saturated heterocycles. The van der Waals surface area contributed by atoms with E-state index < -0.39 is 5.79 Å². The second kappa shape index (κ2) is 14.4. The fourth-order valence-corrected chi connectivity index (χ4v) is 3.52. The highest BCUT2D eigenvalue weighted by atomic mass is 127. The highest BCUT2D eigenvalue weighted by Crippen LogP contribution is 2.32. The summed E-state index contributed by atoms with van der Waals surface area (Å²) in [4.78, 5) is 18.0. The highest BCUT2D eigenvalue weighted by molar-refractivity contribution is 14.0. The van der Waals surface area contributed by atoms with Crippen LogP contribution in [0.4, 0.5) is 0 Å². The number of hydrogen-bond acceptors (Lipinski definition) is 5. The molecule has 2 fully saturated rings. The minimum Gasteiger partial charge on any atom is -0.381 e. The Labute approximate surface area is 198 Å². The van der Waals surface area contributed by atoms with E-state index in [1.807, 2.05) is 0 Å². The van der Waals surface area contributed by atoms with Gasteiger partial charge in [0.2, 0.25) is 5.91 Å². The Morgan fingerprint density at radius 3 is 2.60 bits per heavy atom. The van der Waals surface area contributed by atoms with Gasteiger partial charge in [-0.05, 0) is 12.3 Å². The number of nitrogens with one attached hydrogen (secondary N) is 2. The van der Waals surface area contributed by atoms with E-state index in [4.69, 9.17) is 14.2 Å². The maximum Gasteiger partial charge on any atom is 0.243 e. The molecule has 2 rings (SSSR count). The van der Waals surface area contributed by atoms with Gasteiger partial charge < -0.3 is 29.7 Å². The summed E-state index contributed by atoms with van der Waals surface area (Å²) in [5.41, 5.74) is 0. The zero-order valence-corrected chi connectivity index (χ0v) is 21.4. The summed E-state index contributed by atoms with van der Waals surface area (Å²) in [5.74, 6) is 0.754. The molecule has 2 unspecified atom stereocenters. The Morgan fingerprint density at radius 1 is 1.23 bits per heavy atom. The number of likely N-dealkylation sites (N-methyl/N-ethyl adjacent to an activating group) is 1. The minimum atomic E-state index is -0.482. The van der Waals surface area contributed by atoms with E-state index in [0.29, 0.717) is 38.2 Å². The lowest BCUT2D eigenvalue weighted by Crippen LogP contribution is -2.45. The van der Waals surface area contributed by atoms with Gasteiger partial charge in [-0.25, -0.2) is 4.99 Å². The molecule has 2 atom stereocenters. The number of carbonyl (C=O) groups is 1. The summed E-state index contributed by atoms with van der Waals surface area (Å²) in [7, 11) is 3.49. The fourth-order valence-electron chi connectivity index (χ4n) is 3.52. The molecule has 0 aromatic rings. The van der Waals surface area contributed by atoms with Crippen molar-refractivity contribution in [3.63, 3.8) is 0 Å². The van der Waals surface area contributed by atoms with Crippen LogP contribution in [0.1, 0.15) is 52.4 Å². The molecule has 2 heterocycles. The van der Waals surface area contributed by atoms with Crippen molar-refractivity contribution < 1.29 is 19.0 Å². The topological polar surface area (TPSA) is 84.4 Å². The molecule has 1 amide bonds. The number of aliphatic imine (C=N–C) groups is 1. The van der Waals surface area contributed by atoms with E-state index in [1.54, 1.807) is 19.0 Å². The zero-order valence-electron chi connectivity index (χ0n) is 19.1. The second-order valence-corrected chi connectivity index (χ2v) is 8.21. The van der Waals surface area contributed by atoms with Crippen molar-refractivity contribution in [1.82, 2.24) is 15.5 Å². The lowest BCUT2D eigenvalue weighted by Gasteiger charge is -2.31. The molecule has 176 valence electrons. The average Bonchev–Trinajstić information content (AvgIpc) is 3.11. The first-order chi connectivity index (χ1) is 14.0. The van der Waals surface area contributed by atoms with E-state index in [0.717, 1.165) is 25.8 Å². The van der Waals surface area contributed by atoms with Crippen LogP contribution >= 0.6 is 24.0 Å². The number of amides is 1. The molecule has 2 aliphatic rings. The van der Waals surface area contributed by atoms with Crippen LogP contribution in [0.25, 0.3) is 0 Å². The first-order valence-electron chi connectivity index (χ1n) is 11.1. The summed E-state index contributed by atoms with van der Waals surface area (Å²) in [5, 5.41) is 6.77. The molecule has 0 aliphatic carbocycles. The van der Waals surface area contributed by atoms with Crippen molar-refractivity contribution in [2.75, 3.05) is 53.6 Å². The van der Waals surface area contributed by atoms with Crippen molar-refractivity contribution in [2.24, 2.45) is 10.9 Å². The van der Waals surface area contributed by atoms with E-state index in [2.05, 4.69) is 29.5 Å². The number of ether oxygens (including phenoxy) is 3. The van der Waals surface area contributed by atoms with Crippen LogP contribution in [0.2, 0.25) is 0 Å². The van der Waals surface area contributed by atoms with Crippen LogP contribution in [0.15, 0.2) is 4.99 Å². The standard InChI is InChI=1S/C21H40N4O4.HI/c1-5-7-8-17(6-2)13-22-20(24-15-19(26)25(3)4)23-14-18-16-28-21(29-18)9-11-27-12-10-21;/h17-18H,5-16H2,1-4H3,(H2,22,23,24);1H. The summed E-state index contributed by atoms with van der Waals surface area (Å²) < 4.78 is 17.5. The Balaban J connectivity index is 0.00000450. The Morgan fingerprint density at radius 2 is 1.97 bits per heavy atom. The van der Waals surface area contributed by atoms with E-state index in [-0.39, 0.29) is 42.5 Å². The molecule has 2 aliphatic heterocycles. The van der Waals surface area contributed by atoms with Gasteiger partial charge in [0, 0.05) is 40.0 Å². The monoisotopic (exact) mass is 540 g/mol. The van der Waals surface area contributed by atoms with Crippen LogP contribution in [-0.2, 0) is 19.0 Å². The van der Waals surface area contributed by atoms with Crippen LogP contribution in [0, 0.1) is 5.92 Å². The molecule has 0 saturated carbocycles. The Bertz CT molecular complexity index is 527. The predicted octanol–water partition coefficient (Wildman–Crippen LogP) is 2.37. The van der Waals surface area contributed by atoms with Crippen LogP contribution in [-0.4, -0.2) is 82.2 Å². The van der Waals surface area contributed by atoms with Gasteiger partial charge in [-0.3, -0.25) is 4.79 Å². The fraction of sp³-hybridized carbons (Fsp3) is 0.905. The normalized spacial score (nSPS) is 21.7. The molecule has 2 N–H and O–H groups in total. The van der Waals surface area contributed by atoms with Gasteiger partial charge in [0.05, 0.1) is 19.8 Å². The number of halogens is 1. The number of rotatable bonds is 10. The van der Waals surface area contributed by atoms with E-state index in [9.17, 15) is 4.79 Å². The third-order valence-corrected chi connectivity index (χ3v) is 5.64. The van der Waals surface area contributed by atoms with Gasteiger partial charge in [0.25, 0.3) is 0 Å². The third-order valence-electron chi connectivity index (χ3n) is 5.64. The lowest BCUT2D eigenvalue weighted by atomic mass is 9.99. The largest absolute Gasteiger partial charge is 0.381 e. The Hall–Kier alpha value is -0.650. The zero-order chi connectivity index (χ0) is 21.1. The molecular weight excluding hydrogens is 499 g/mol. The van der Waals surface area contributed by atoms with Crippen LogP contribution in [0.5, 0.6) is 0 Å². The first-order valence-corrected chi connectivity index (χ1v) is 11.1. The first kappa shape index (κ1) is 27.4. The molecule has 0 radical (unpaired) electrons. The van der Waals surface area contributed by atoms with E-state index >= 15 is 0 Å². The predicted molar refractivity (Wildman–Crippen MR) is 129 cm³/mol. The van der Waals surface area contributed by atoms with Crippen molar-refractivity contribution in [2.45, 2.75) is 64.3 Å². The lowest BCUT2D eigenvalue weighted by molar-refractivity contribution is -0.210. The van der Waals surface area contributed by atoms with Gasteiger partial charge in [-0.2, -0.15) is 0 Å². The third kappa shape index (κ3) is 9.23. The highest BCUT2D eigenvalue weighted by Gasteiger charge is 2.42. The summed E-state index contributed by atoms with van der Waals surface area (Å²) in [6.07, 6.45) is 6.28. The Kier molecular flexibility index (Phi) is 13.2. The molecule has 8 nitrogen and oxygen atoms in total. The molecule has 0 bridgehead atoms. The van der Waals surface area contributed by atoms with Crippen LogP contribution in [0.3, 0.4) is 0 Å². The van der Waals surface area contributed by atoms with Crippen molar-refractivity contribution in [3.8, 4) is 0 Å². The number of unbranched alkanes of at least 4 members (excludes halogenated alkanes) is 1.